The molecule has 11 heteroatoms. The molecule has 0 aliphatic carbocycles. The molecule has 5 rings (SSSR count). The van der Waals surface area contributed by atoms with Crippen molar-refractivity contribution in [1.29, 1.82) is 0 Å². The van der Waals surface area contributed by atoms with Gasteiger partial charge in [-0.05, 0) is 37.1 Å². The zero-order valence-corrected chi connectivity index (χ0v) is 18.2. The van der Waals surface area contributed by atoms with Crippen LogP contribution < -0.4 is 5.32 Å². The van der Waals surface area contributed by atoms with Crippen molar-refractivity contribution in [1.82, 2.24) is 39.8 Å². The summed E-state index contributed by atoms with van der Waals surface area (Å²) in [4.78, 5) is 44.2. The van der Waals surface area contributed by atoms with Crippen LogP contribution in [0.5, 0.6) is 0 Å². The minimum absolute atomic E-state index is 0.0403. The van der Waals surface area contributed by atoms with Gasteiger partial charge in [-0.1, -0.05) is 23.7 Å². The minimum Gasteiger partial charge on any atom is -0.340 e. The molecule has 1 fully saturated rings. The van der Waals surface area contributed by atoms with E-state index < -0.39 is 5.91 Å². The predicted octanol–water partition coefficient (Wildman–Crippen LogP) is 2.33. The summed E-state index contributed by atoms with van der Waals surface area (Å²) in [5, 5.41) is 7.29. The predicted molar refractivity (Wildman–Crippen MR) is 119 cm³/mol. The van der Waals surface area contributed by atoms with Gasteiger partial charge in [0.1, 0.15) is 0 Å². The van der Waals surface area contributed by atoms with E-state index in [0.29, 0.717) is 23.2 Å². The molecule has 1 aliphatic rings. The quantitative estimate of drug-likeness (QED) is 0.483. The van der Waals surface area contributed by atoms with E-state index in [2.05, 4.69) is 30.4 Å². The highest BCUT2D eigenvalue weighted by Crippen LogP contribution is 2.31. The van der Waals surface area contributed by atoms with Crippen molar-refractivity contribution in [3.05, 3.63) is 71.5 Å². The van der Waals surface area contributed by atoms with Gasteiger partial charge in [0.2, 0.25) is 11.7 Å². The first kappa shape index (κ1) is 21.0. The molecule has 166 valence electrons. The number of halogens is 1. The first-order chi connectivity index (χ1) is 16.1. The Labute approximate surface area is 193 Å². The number of carbonyl (C=O) groups excluding carboxylic acids is 2. The highest BCUT2D eigenvalue weighted by atomic mass is 35.5. The Balaban J connectivity index is 1.28. The number of likely N-dealkylation sites (tertiary alicyclic amines) is 1. The Morgan fingerprint density at radius 1 is 1.12 bits per heavy atom. The maximum Gasteiger partial charge on any atom is 0.291 e. The molecule has 0 unspecified atom stereocenters. The van der Waals surface area contributed by atoms with Crippen molar-refractivity contribution in [2.45, 2.75) is 18.9 Å². The van der Waals surface area contributed by atoms with Crippen molar-refractivity contribution < 1.29 is 9.59 Å². The smallest absolute Gasteiger partial charge is 0.291 e. The lowest BCUT2D eigenvalue weighted by Gasteiger charge is -2.24. The molecule has 1 aromatic carbocycles. The second-order valence-electron chi connectivity index (χ2n) is 7.54. The third kappa shape index (κ3) is 4.37. The number of carbonyl (C=O) groups is 2. The molecule has 10 nitrogen and oxygen atoms in total. The van der Waals surface area contributed by atoms with Gasteiger partial charge >= 0.3 is 0 Å². The third-order valence-electron chi connectivity index (χ3n) is 5.39. The number of benzene rings is 1. The fourth-order valence-electron chi connectivity index (χ4n) is 3.86. The van der Waals surface area contributed by atoms with Gasteiger partial charge < -0.3 is 10.2 Å². The summed E-state index contributed by atoms with van der Waals surface area (Å²) in [5.41, 5.74) is 1.56. The monoisotopic (exact) mass is 462 g/mol. The van der Waals surface area contributed by atoms with Crippen molar-refractivity contribution in [3.8, 4) is 11.4 Å². The van der Waals surface area contributed by atoms with Crippen molar-refractivity contribution >= 4 is 29.2 Å². The molecular formula is C22H19ClN8O2. The maximum atomic E-state index is 12.9. The van der Waals surface area contributed by atoms with E-state index in [4.69, 9.17) is 11.6 Å². The average Bonchev–Trinajstić information content (AvgIpc) is 3.50. The Hall–Kier alpha value is -3.92. The fourth-order valence-corrected chi connectivity index (χ4v) is 4.05. The van der Waals surface area contributed by atoms with Crippen LogP contribution in [-0.4, -0.2) is 59.4 Å². The highest BCUT2D eigenvalue weighted by molar-refractivity contribution is 6.30. The number of hydrogen-bond acceptors (Lipinski definition) is 7. The van der Waals surface area contributed by atoms with Gasteiger partial charge in [-0.25, -0.2) is 19.5 Å². The zero-order valence-electron chi connectivity index (χ0n) is 17.4. The Bertz CT molecular complexity index is 1310. The van der Waals surface area contributed by atoms with Gasteiger partial charge in [0.15, 0.2) is 5.82 Å². The van der Waals surface area contributed by atoms with Crippen LogP contribution in [-0.2, 0) is 4.79 Å². The number of hydrogen-bond donors (Lipinski definition) is 1. The van der Waals surface area contributed by atoms with Crippen LogP contribution >= 0.6 is 11.6 Å². The number of nitrogens with one attached hydrogen (secondary N) is 1. The van der Waals surface area contributed by atoms with Crippen LogP contribution in [0.4, 0.5) is 0 Å². The lowest BCUT2D eigenvalue weighted by molar-refractivity contribution is -0.131. The van der Waals surface area contributed by atoms with Gasteiger partial charge in [0, 0.05) is 35.7 Å². The van der Waals surface area contributed by atoms with Gasteiger partial charge in [-0.2, -0.15) is 4.98 Å². The lowest BCUT2D eigenvalue weighted by Crippen LogP contribution is -2.40. The molecule has 0 saturated carbocycles. The summed E-state index contributed by atoms with van der Waals surface area (Å²) in [7, 11) is 0. The van der Waals surface area contributed by atoms with E-state index in [1.807, 2.05) is 18.2 Å². The lowest BCUT2D eigenvalue weighted by atomic mass is 10.1. The summed E-state index contributed by atoms with van der Waals surface area (Å²) in [6.07, 6.45) is 6.52. The van der Waals surface area contributed by atoms with E-state index in [0.717, 1.165) is 24.1 Å². The molecule has 1 saturated heterocycles. The molecule has 4 aromatic rings. The molecule has 4 heterocycles. The first-order valence-corrected chi connectivity index (χ1v) is 10.8. The Morgan fingerprint density at radius 3 is 2.88 bits per heavy atom. The summed E-state index contributed by atoms with van der Waals surface area (Å²) < 4.78 is 1.40. The van der Waals surface area contributed by atoms with E-state index in [1.54, 1.807) is 41.7 Å². The third-order valence-corrected chi connectivity index (χ3v) is 5.63. The molecule has 3 aromatic heterocycles. The Morgan fingerprint density at radius 2 is 2.03 bits per heavy atom. The van der Waals surface area contributed by atoms with E-state index in [-0.39, 0.29) is 24.3 Å². The van der Waals surface area contributed by atoms with Crippen LogP contribution in [0.15, 0.2) is 55.0 Å². The molecule has 33 heavy (non-hydrogen) atoms. The molecule has 0 bridgehead atoms. The van der Waals surface area contributed by atoms with Gasteiger partial charge in [-0.3, -0.25) is 9.59 Å². The number of fused-ring (bicyclic) bond motifs is 1. The zero-order chi connectivity index (χ0) is 22.8. The number of amides is 2. The van der Waals surface area contributed by atoms with Crippen molar-refractivity contribution in [2.75, 3.05) is 13.1 Å². The minimum atomic E-state index is -0.533. The summed E-state index contributed by atoms with van der Waals surface area (Å²) in [6, 6.07) is 10.6. The highest BCUT2D eigenvalue weighted by Gasteiger charge is 2.31. The van der Waals surface area contributed by atoms with Crippen LogP contribution in [0.25, 0.3) is 17.2 Å². The molecule has 2 amide bonds. The molecule has 1 atom stereocenters. The fraction of sp³-hybridized carbons (Fsp3) is 0.227. The summed E-state index contributed by atoms with van der Waals surface area (Å²) >= 11 is 6.10. The SMILES string of the molecule is O=C(NCC(=O)N1CCC[C@@H]1c1ccnc(-c2cccc(Cl)c2)n1)c1nc2ncccn2n1. The average molecular weight is 463 g/mol. The van der Waals surface area contributed by atoms with E-state index in [9.17, 15) is 9.59 Å². The largest absolute Gasteiger partial charge is 0.340 e. The van der Waals surface area contributed by atoms with Gasteiger partial charge in [0.05, 0.1) is 18.3 Å². The van der Waals surface area contributed by atoms with Crippen LogP contribution in [0.3, 0.4) is 0 Å². The summed E-state index contributed by atoms with van der Waals surface area (Å²) in [6.45, 7) is 0.428. The van der Waals surface area contributed by atoms with Crippen LogP contribution in [0.1, 0.15) is 35.2 Å². The number of rotatable bonds is 5. The number of aromatic nitrogens is 6. The van der Waals surface area contributed by atoms with Crippen molar-refractivity contribution in [2.24, 2.45) is 0 Å². The second kappa shape index (κ2) is 8.91. The maximum absolute atomic E-state index is 12.9. The van der Waals surface area contributed by atoms with Gasteiger partial charge in [0.25, 0.3) is 11.7 Å². The molecule has 1 N–H and O–H groups in total. The van der Waals surface area contributed by atoms with Crippen LogP contribution in [0, 0.1) is 0 Å². The summed E-state index contributed by atoms with van der Waals surface area (Å²) in [5.74, 6) is 0.0916. The molecular weight excluding hydrogens is 444 g/mol. The van der Waals surface area contributed by atoms with E-state index >= 15 is 0 Å². The van der Waals surface area contributed by atoms with Gasteiger partial charge in [-0.15, -0.1) is 5.10 Å². The second-order valence-corrected chi connectivity index (χ2v) is 7.98. The van der Waals surface area contributed by atoms with Crippen LogP contribution in [0.2, 0.25) is 5.02 Å². The molecule has 0 radical (unpaired) electrons. The standard InChI is InChI=1S/C22H19ClN8O2/c23-15-5-1-4-14(12-15)19-24-9-7-16(27-19)17-6-2-10-30(17)18(32)13-26-21(33)20-28-22-25-8-3-11-31(22)29-20/h1,3-5,7-9,11-12,17H,2,6,10,13H2,(H,26,33)/t17-/m1/s1. The number of nitrogens with zero attached hydrogens (tertiary/aromatic N) is 7. The van der Waals surface area contributed by atoms with Crippen molar-refractivity contribution in [3.63, 3.8) is 0 Å². The normalized spacial score (nSPS) is 15.7. The molecule has 0 spiro atoms. The first-order valence-electron chi connectivity index (χ1n) is 10.4. The molecule has 1 aliphatic heterocycles. The Kier molecular flexibility index (Phi) is 5.66. The van der Waals surface area contributed by atoms with E-state index in [1.165, 1.54) is 4.52 Å². The topological polar surface area (TPSA) is 118 Å².